The van der Waals surface area contributed by atoms with E-state index in [0.717, 1.165) is 49.9 Å². The van der Waals surface area contributed by atoms with Gasteiger partial charge in [0.25, 0.3) is 0 Å². The lowest BCUT2D eigenvalue weighted by Gasteiger charge is -2.32. The SMILES string of the molecule is CC(=O)NCC1CCN(Cc2cc3cc(F)ccc3n2C)CC1. The summed E-state index contributed by atoms with van der Waals surface area (Å²) in [6, 6.07) is 7.04. The van der Waals surface area contributed by atoms with Crippen LogP contribution in [-0.2, 0) is 18.4 Å². The van der Waals surface area contributed by atoms with Crippen LogP contribution in [0.4, 0.5) is 4.39 Å². The van der Waals surface area contributed by atoms with Crippen molar-refractivity contribution in [1.29, 1.82) is 0 Å². The number of hydrogen-bond acceptors (Lipinski definition) is 2. The van der Waals surface area contributed by atoms with E-state index < -0.39 is 0 Å². The van der Waals surface area contributed by atoms with Crippen LogP contribution in [0.2, 0.25) is 0 Å². The fourth-order valence-corrected chi connectivity index (χ4v) is 3.40. The number of halogens is 1. The molecule has 1 aliphatic rings. The lowest BCUT2D eigenvalue weighted by atomic mass is 9.96. The molecule has 23 heavy (non-hydrogen) atoms. The summed E-state index contributed by atoms with van der Waals surface area (Å²) in [4.78, 5) is 13.4. The molecule has 5 heteroatoms. The first-order valence-electron chi connectivity index (χ1n) is 8.23. The van der Waals surface area contributed by atoms with Crippen LogP contribution in [0.25, 0.3) is 10.9 Å². The highest BCUT2D eigenvalue weighted by Gasteiger charge is 2.20. The summed E-state index contributed by atoms with van der Waals surface area (Å²) in [5.41, 5.74) is 2.29. The summed E-state index contributed by atoms with van der Waals surface area (Å²) < 4.78 is 15.5. The zero-order valence-corrected chi connectivity index (χ0v) is 13.8. The maximum atomic E-state index is 13.4. The molecule has 0 bridgehead atoms. The van der Waals surface area contributed by atoms with Gasteiger partial charge in [-0.15, -0.1) is 0 Å². The Morgan fingerprint density at radius 2 is 2.04 bits per heavy atom. The Balaban J connectivity index is 1.60. The largest absolute Gasteiger partial charge is 0.356 e. The summed E-state index contributed by atoms with van der Waals surface area (Å²) in [5, 5.41) is 3.88. The van der Waals surface area contributed by atoms with Crippen LogP contribution in [0.15, 0.2) is 24.3 Å². The van der Waals surface area contributed by atoms with Crippen molar-refractivity contribution in [3.8, 4) is 0 Å². The van der Waals surface area contributed by atoms with Gasteiger partial charge in [0.05, 0.1) is 0 Å². The number of piperidine rings is 1. The maximum Gasteiger partial charge on any atom is 0.216 e. The molecule has 0 atom stereocenters. The zero-order valence-electron chi connectivity index (χ0n) is 13.8. The van der Waals surface area contributed by atoms with Crippen molar-refractivity contribution in [2.75, 3.05) is 19.6 Å². The van der Waals surface area contributed by atoms with Gasteiger partial charge in [-0.2, -0.15) is 0 Å². The Morgan fingerprint density at radius 3 is 2.74 bits per heavy atom. The van der Waals surface area contributed by atoms with Crippen molar-refractivity contribution in [2.24, 2.45) is 13.0 Å². The van der Waals surface area contributed by atoms with E-state index in [0.29, 0.717) is 5.92 Å². The number of aryl methyl sites for hydroxylation is 1. The highest BCUT2D eigenvalue weighted by molar-refractivity contribution is 5.81. The predicted octanol–water partition coefficient (Wildman–Crippen LogP) is 2.67. The molecule has 1 aromatic heterocycles. The van der Waals surface area contributed by atoms with Gasteiger partial charge in [0.15, 0.2) is 0 Å². The van der Waals surface area contributed by atoms with Crippen molar-refractivity contribution in [1.82, 2.24) is 14.8 Å². The summed E-state index contributed by atoms with van der Waals surface area (Å²) in [6.45, 7) is 5.33. The summed E-state index contributed by atoms with van der Waals surface area (Å²) >= 11 is 0. The Kier molecular flexibility index (Phi) is 4.66. The van der Waals surface area contributed by atoms with Gasteiger partial charge < -0.3 is 9.88 Å². The van der Waals surface area contributed by atoms with E-state index in [1.165, 1.54) is 11.8 Å². The van der Waals surface area contributed by atoms with Gasteiger partial charge in [-0.05, 0) is 56.1 Å². The maximum absolute atomic E-state index is 13.4. The molecule has 2 aromatic rings. The smallest absolute Gasteiger partial charge is 0.216 e. The van der Waals surface area contributed by atoms with Gasteiger partial charge in [0.1, 0.15) is 5.82 Å². The van der Waals surface area contributed by atoms with Crippen LogP contribution in [0.3, 0.4) is 0 Å². The fraction of sp³-hybridized carbons (Fsp3) is 0.500. The van der Waals surface area contributed by atoms with Crippen molar-refractivity contribution in [3.63, 3.8) is 0 Å². The van der Waals surface area contributed by atoms with Crippen LogP contribution < -0.4 is 5.32 Å². The zero-order chi connectivity index (χ0) is 16.4. The van der Waals surface area contributed by atoms with E-state index in [1.807, 2.05) is 13.1 Å². The minimum absolute atomic E-state index is 0.0511. The highest BCUT2D eigenvalue weighted by atomic mass is 19.1. The van der Waals surface area contributed by atoms with Gasteiger partial charge in [0.2, 0.25) is 5.91 Å². The third-order valence-electron chi connectivity index (χ3n) is 4.84. The second-order valence-electron chi connectivity index (χ2n) is 6.55. The minimum Gasteiger partial charge on any atom is -0.356 e. The average molecular weight is 317 g/mol. The number of rotatable bonds is 4. The topological polar surface area (TPSA) is 37.3 Å². The molecule has 1 N–H and O–H groups in total. The number of nitrogens with zero attached hydrogens (tertiary/aromatic N) is 2. The normalized spacial score (nSPS) is 16.8. The number of carbonyl (C=O) groups excluding carboxylic acids is 1. The molecule has 0 saturated carbocycles. The Hall–Kier alpha value is -1.88. The van der Waals surface area contributed by atoms with Gasteiger partial charge in [-0.3, -0.25) is 9.69 Å². The number of likely N-dealkylation sites (tertiary alicyclic amines) is 1. The number of benzene rings is 1. The summed E-state index contributed by atoms with van der Waals surface area (Å²) in [7, 11) is 2.04. The molecular formula is C18H24FN3O. The molecule has 124 valence electrons. The summed E-state index contributed by atoms with van der Waals surface area (Å²) in [5.74, 6) is 0.445. The number of carbonyl (C=O) groups is 1. The lowest BCUT2D eigenvalue weighted by molar-refractivity contribution is -0.119. The molecule has 0 unspecified atom stereocenters. The molecule has 1 fully saturated rings. The number of nitrogens with one attached hydrogen (secondary N) is 1. The number of fused-ring (bicyclic) bond motifs is 1. The quantitative estimate of drug-likeness (QED) is 0.941. The third-order valence-corrected chi connectivity index (χ3v) is 4.84. The molecule has 1 saturated heterocycles. The first-order valence-corrected chi connectivity index (χ1v) is 8.23. The Labute approximate surface area is 136 Å². The van der Waals surface area contributed by atoms with Gasteiger partial charge in [-0.1, -0.05) is 0 Å². The Morgan fingerprint density at radius 1 is 1.30 bits per heavy atom. The van der Waals surface area contributed by atoms with Crippen molar-refractivity contribution in [2.45, 2.75) is 26.3 Å². The van der Waals surface area contributed by atoms with Crippen molar-refractivity contribution in [3.05, 3.63) is 35.8 Å². The van der Waals surface area contributed by atoms with E-state index in [4.69, 9.17) is 0 Å². The molecule has 0 aliphatic carbocycles. The highest BCUT2D eigenvalue weighted by Crippen LogP contribution is 2.23. The van der Waals surface area contributed by atoms with Crippen LogP contribution in [0.5, 0.6) is 0 Å². The molecule has 0 spiro atoms. The van der Waals surface area contributed by atoms with Crippen LogP contribution in [0.1, 0.15) is 25.5 Å². The van der Waals surface area contributed by atoms with E-state index in [9.17, 15) is 9.18 Å². The number of aromatic nitrogens is 1. The van der Waals surface area contributed by atoms with Crippen molar-refractivity contribution >= 4 is 16.8 Å². The second kappa shape index (κ2) is 6.71. The van der Waals surface area contributed by atoms with Crippen LogP contribution in [-0.4, -0.2) is 35.0 Å². The van der Waals surface area contributed by atoms with E-state index in [-0.39, 0.29) is 11.7 Å². The molecule has 0 radical (unpaired) electrons. The molecule has 1 aromatic carbocycles. The van der Waals surface area contributed by atoms with E-state index >= 15 is 0 Å². The number of hydrogen-bond donors (Lipinski definition) is 1. The van der Waals surface area contributed by atoms with Gasteiger partial charge in [0, 0.05) is 43.7 Å². The van der Waals surface area contributed by atoms with Crippen LogP contribution in [0, 0.1) is 11.7 Å². The molecule has 3 rings (SSSR count). The monoisotopic (exact) mass is 317 g/mol. The Bertz CT molecular complexity index is 702. The van der Waals surface area contributed by atoms with Crippen LogP contribution >= 0.6 is 0 Å². The molecule has 1 amide bonds. The van der Waals surface area contributed by atoms with E-state index in [1.54, 1.807) is 13.0 Å². The molecule has 4 nitrogen and oxygen atoms in total. The summed E-state index contributed by atoms with van der Waals surface area (Å²) in [6.07, 6.45) is 2.22. The van der Waals surface area contributed by atoms with Crippen molar-refractivity contribution < 1.29 is 9.18 Å². The average Bonchev–Trinajstić information content (AvgIpc) is 2.82. The number of amides is 1. The standard InChI is InChI=1S/C18H24FN3O/c1-13(23)20-11-14-5-7-22(8-6-14)12-17-10-15-9-16(19)3-4-18(15)21(17)2/h3-4,9-10,14H,5-8,11-12H2,1-2H3,(H,20,23). The molecular weight excluding hydrogens is 293 g/mol. The predicted molar refractivity (Wildman–Crippen MR) is 89.6 cm³/mol. The second-order valence-corrected chi connectivity index (χ2v) is 6.55. The molecule has 2 heterocycles. The fourth-order valence-electron chi connectivity index (χ4n) is 3.40. The van der Waals surface area contributed by atoms with E-state index in [2.05, 4.69) is 20.9 Å². The first kappa shape index (κ1) is 16.0. The minimum atomic E-state index is -0.187. The lowest BCUT2D eigenvalue weighted by Crippen LogP contribution is -2.38. The first-order chi connectivity index (χ1) is 11.0. The van der Waals surface area contributed by atoms with Gasteiger partial charge >= 0.3 is 0 Å². The third kappa shape index (κ3) is 3.72. The molecule has 1 aliphatic heterocycles. The van der Waals surface area contributed by atoms with Gasteiger partial charge in [-0.25, -0.2) is 4.39 Å².